The second kappa shape index (κ2) is 8.55. The minimum atomic E-state index is -0.0752. The highest BCUT2D eigenvalue weighted by Crippen LogP contribution is 2.25. The topological polar surface area (TPSA) is 64.7 Å². The highest BCUT2D eigenvalue weighted by molar-refractivity contribution is 5.90. The number of nitrogens with one attached hydrogen (secondary N) is 2. The molecule has 3 amide bonds. The van der Waals surface area contributed by atoms with E-state index in [1.807, 2.05) is 48.2 Å². The molecule has 4 rings (SSSR count). The Kier molecular flexibility index (Phi) is 5.69. The third kappa shape index (κ3) is 4.53. The maximum Gasteiger partial charge on any atom is 0.322 e. The van der Waals surface area contributed by atoms with Crippen LogP contribution in [0, 0.1) is 0 Å². The van der Waals surface area contributed by atoms with E-state index in [4.69, 9.17) is 0 Å². The molecule has 29 heavy (non-hydrogen) atoms. The number of urea groups is 1. The SMILES string of the molecule is CCCC(=O)N[C@@H]1CCN(c2ccc(NC(=O)N3Cc4ccccc4C3)cc2)C1. The molecule has 2 aliphatic rings. The number of anilines is 2. The van der Waals surface area contributed by atoms with Crippen LogP contribution in [0.25, 0.3) is 0 Å². The summed E-state index contributed by atoms with van der Waals surface area (Å²) in [5.74, 6) is 0.140. The molecule has 2 aromatic rings. The largest absolute Gasteiger partial charge is 0.369 e. The lowest BCUT2D eigenvalue weighted by Gasteiger charge is -2.20. The zero-order valence-electron chi connectivity index (χ0n) is 16.9. The van der Waals surface area contributed by atoms with E-state index in [-0.39, 0.29) is 18.0 Å². The Morgan fingerprint density at radius 3 is 2.38 bits per heavy atom. The first kappa shape index (κ1) is 19.3. The highest BCUT2D eigenvalue weighted by atomic mass is 16.2. The Bertz CT molecular complexity index is 856. The Labute approximate surface area is 171 Å². The number of amides is 3. The molecule has 6 heteroatoms. The average molecular weight is 393 g/mol. The summed E-state index contributed by atoms with van der Waals surface area (Å²) in [6.45, 7) is 5.07. The van der Waals surface area contributed by atoms with Gasteiger partial charge in [-0.25, -0.2) is 4.79 Å². The van der Waals surface area contributed by atoms with Crippen LogP contribution < -0.4 is 15.5 Å². The smallest absolute Gasteiger partial charge is 0.322 e. The van der Waals surface area contributed by atoms with Gasteiger partial charge in [-0.2, -0.15) is 0 Å². The zero-order valence-corrected chi connectivity index (χ0v) is 16.9. The van der Waals surface area contributed by atoms with Crippen LogP contribution >= 0.6 is 0 Å². The van der Waals surface area contributed by atoms with Gasteiger partial charge in [-0.1, -0.05) is 31.2 Å². The van der Waals surface area contributed by atoms with Crippen LogP contribution in [0.15, 0.2) is 48.5 Å². The fourth-order valence-corrected chi connectivity index (χ4v) is 4.07. The van der Waals surface area contributed by atoms with E-state index in [9.17, 15) is 9.59 Å². The van der Waals surface area contributed by atoms with Crippen LogP contribution in [0.3, 0.4) is 0 Å². The van der Waals surface area contributed by atoms with E-state index in [2.05, 4.69) is 27.7 Å². The number of benzene rings is 2. The van der Waals surface area contributed by atoms with Crippen molar-refractivity contribution in [1.29, 1.82) is 0 Å². The van der Waals surface area contributed by atoms with E-state index in [1.54, 1.807) is 0 Å². The fraction of sp³-hybridized carbons (Fsp3) is 0.391. The maximum atomic E-state index is 12.6. The maximum absolute atomic E-state index is 12.6. The number of nitrogens with zero attached hydrogens (tertiary/aromatic N) is 2. The van der Waals surface area contributed by atoms with E-state index < -0.39 is 0 Å². The molecule has 0 saturated carbocycles. The van der Waals surface area contributed by atoms with Crippen molar-refractivity contribution in [2.24, 2.45) is 0 Å². The molecule has 1 saturated heterocycles. The van der Waals surface area contributed by atoms with Gasteiger partial charge in [-0.15, -0.1) is 0 Å². The number of carbonyl (C=O) groups excluding carboxylic acids is 2. The van der Waals surface area contributed by atoms with Gasteiger partial charge in [0, 0.05) is 50.0 Å². The Morgan fingerprint density at radius 1 is 1.03 bits per heavy atom. The van der Waals surface area contributed by atoms with Gasteiger partial charge in [-0.05, 0) is 48.2 Å². The summed E-state index contributed by atoms with van der Waals surface area (Å²) in [6, 6.07) is 16.3. The lowest BCUT2D eigenvalue weighted by atomic mass is 10.1. The number of fused-ring (bicyclic) bond motifs is 1. The fourth-order valence-electron chi connectivity index (χ4n) is 4.07. The van der Waals surface area contributed by atoms with Crippen LogP contribution in [0.5, 0.6) is 0 Å². The van der Waals surface area contributed by atoms with Crippen molar-refractivity contribution in [1.82, 2.24) is 10.2 Å². The molecular formula is C23H28N4O2. The molecule has 0 unspecified atom stereocenters. The van der Waals surface area contributed by atoms with Gasteiger partial charge in [0.2, 0.25) is 5.91 Å². The standard InChI is InChI=1S/C23H28N4O2/c1-2-5-22(28)24-20-12-13-26(16-20)21-10-8-19(9-11-21)25-23(29)27-14-17-6-3-4-7-18(17)15-27/h3-4,6-11,20H,2,5,12-16H2,1H3,(H,24,28)(H,25,29)/t20-/m1/s1. The number of carbonyl (C=O) groups is 2. The Balaban J connectivity index is 1.30. The summed E-state index contributed by atoms with van der Waals surface area (Å²) in [4.78, 5) is 28.5. The van der Waals surface area contributed by atoms with Gasteiger partial charge >= 0.3 is 6.03 Å². The first-order chi connectivity index (χ1) is 14.1. The van der Waals surface area contributed by atoms with Crippen molar-refractivity contribution < 1.29 is 9.59 Å². The summed E-state index contributed by atoms with van der Waals surface area (Å²) in [5.41, 5.74) is 4.34. The van der Waals surface area contributed by atoms with E-state index >= 15 is 0 Å². The Hall–Kier alpha value is -3.02. The minimum absolute atomic E-state index is 0.0752. The van der Waals surface area contributed by atoms with Crippen molar-refractivity contribution in [3.05, 3.63) is 59.7 Å². The predicted octanol–water partition coefficient (Wildman–Crippen LogP) is 3.73. The molecule has 0 spiro atoms. The molecule has 2 heterocycles. The molecule has 1 atom stereocenters. The molecule has 2 aliphatic heterocycles. The molecule has 2 aromatic carbocycles. The Morgan fingerprint density at radius 2 is 1.72 bits per heavy atom. The van der Waals surface area contributed by atoms with Crippen molar-refractivity contribution in [2.75, 3.05) is 23.3 Å². The molecule has 2 N–H and O–H groups in total. The van der Waals surface area contributed by atoms with E-state index in [0.717, 1.165) is 37.3 Å². The van der Waals surface area contributed by atoms with Gasteiger partial charge < -0.3 is 20.4 Å². The molecular weight excluding hydrogens is 364 g/mol. The van der Waals surface area contributed by atoms with Crippen molar-refractivity contribution in [3.63, 3.8) is 0 Å². The summed E-state index contributed by atoms with van der Waals surface area (Å²) < 4.78 is 0. The second-order valence-electron chi connectivity index (χ2n) is 7.85. The number of hydrogen-bond donors (Lipinski definition) is 2. The van der Waals surface area contributed by atoms with Crippen molar-refractivity contribution >= 4 is 23.3 Å². The zero-order chi connectivity index (χ0) is 20.2. The summed E-state index contributed by atoms with van der Waals surface area (Å²) in [7, 11) is 0. The number of rotatable bonds is 5. The van der Waals surface area contributed by atoms with Gasteiger partial charge in [0.25, 0.3) is 0 Å². The molecule has 0 bridgehead atoms. The molecule has 1 fully saturated rings. The van der Waals surface area contributed by atoms with Gasteiger partial charge in [-0.3, -0.25) is 4.79 Å². The molecule has 0 aliphatic carbocycles. The average Bonchev–Trinajstić information content (AvgIpc) is 3.35. The predicted molar refractivity (Wildman–Crippen MR) is 115 cm³/mol. The highest BCUT2D eigenvalue weighted by Gasteiger charge is 2.25. The lowest BCUT2D eigenvalue weighted by molar-refractivity contribution is -0.121. The van der Waals surface area contributed by atoms with Gasteiger partial charge in [0.15, 0.2) is 0 Å². The quantitative estimate of drug-likeness (QED) is 0.815. The van der Waals surface area contributed by atoms with Gasteiger partial charge in [0.05, 0.1) is 0 Å². The van der Waals surface area contributed by atoms with Crippen LogP contribution in [0.2, 0.25) is 0 Å². The van der Waals surface area contributed by atoms with Crippen LogP contribution in [-0.4, -0.2) is 36.0 Å². The first-order valence-electron chi connectivity index (χ1n) is 10.4. The lowest BCUT2D eigenvalue weighted by Crippen LogP contribution is -2.36. The van der Waals surface area contributed by atoms with E-state index in [1.165, 1.54) is 11.1 Å². The summed E-state index contributed by atoms with van der Waals surface area (Å²) in [6.07, 6.45) is 2.43. The van der Waals surface area contributed by atoms with E-state index in [0.29, 0.717) is 19.5 Å². The second-order valence-corrected chi connectivity index (χ2v) is 7.85. The van der Waals surface area contributed by atoms with Crippen LogP contribution in [0.4, 0.5) is 16.2 Å². The molecule has 0 radical (unpaired) electrons. The normalized spacial score (nSPS) is 17.9. The van der Waals surface area contributed by atoms with Crippen molar-refractivity contribution in [2.45, 2.75) is 45.3 Å². The first-order valence-corrected chi connectivity index (χ1v) is 10.4. The van der Waals surface area contributed by atoms with Gasteiger partial charge in [0.1, 0.15) is 0 Å². The summed E-state index contributed by atoms with van der Waals surface area (Å²) >= 11 is 0. The summed E-state index contributed by atoms with van der Waals surface area (Å²) in [5, 5.41) is 6.11. The van der Waals surface area contributed by atoms with Crippen LogP contribution in [0.1, 0.15) is 37.3 Å². The number of hydrogen-bond acceptors (Lipinski definition) is 3. The third-order valence-electron chi connectivity index (χ3n) is 5.64. The van der Waals surface area contributed by atoms with Crippen LogP contribution in [-0.2, 0) is 17.9 Å². The molecule has 152 valence electrons. The van der Waals surface area contributed by atoms with Crippen molar-refractivity contribution in [3.8, 4) is 0 Å². The minimum Gasteiger partial charge on any atom is -0.369 e. The third-order valence-corrected chi connectivity index (χ3v) is 5.64. The molecule has 0 aromatic heterocycles. The monoisotopic (exact) mass is 392 g/mol. The molecule has 6 nitrogen and oxygen atoms in total.